The second-order valence-electron chi connectivity index (χ2n) is 7.50. The molecule has 2 amide bonds. The Hall–Kier alpha value is -4.72. The molecular weight excluding hydrogens is 432 g/mol. The minimum absolute atomic E-state index is 0.338. The van der Waals surface area contributed by atoms with Crippen LogP contribution in [-0.2, 0) is 0 Å². The van der Waals surface area contributed by atoms with Gasteiger partial charge in [0.15, 0.2) is 11.5 Å². The number of para-hydroxylation sites is 1. The highest BCUT2D eigenvalue weighted by molar-refractivity contribution is 6.21. The number of hydrogen-bond donors (Lipinski definition) is 0. The molecule has 0 spiro atoms. The third-order valence-corrected chi connectivity index (χ3v) is 5.51. The average Bonchev–Trinajstić information content (AvgIpc) is 3.42. The lowest BCUT2D eigenvalue weighted by atomic mass is 10.1. The van der Waals surface area contributed by atoms with E-state index >= 15 is 0 Å². The molecule has 1 aliphatic heterocycles. The van der Waals surface area contributed by atoms with Crippen molar-refractivity contribution in [1.82, 2.24) is 14.8 Å². The lowest BCUT2D eigenvalue weighted by Gasteiger charge is -2.09. The van der Waals surface area contributed by atoms with E-state index < -0.39 is 11.8 Å². The first-order valence-electron chi connectivity index (χ1n) is 10.5. The van der Waals surface area contributed by atoms with Crippen molar-refractivity contribution in [2.75, 3.05) is 14.2 Å². The summed E-state index contributed by atoms with van der Waals surface area (Å²) in [6, 6.07) is 21.8. The lowest BCUT2D eigenvalue weighted by Crippen LogP contribution is -2.24. The Morgan fingerprint density at radius 3 is 2.12 bits per heavy atom. The zero-order valence-corrected chi connectivity index (χ0v) is 18.5. The van der Waals surface area contributed by atoms with E-state index in [0.717, 1.165) is 16.3 Å². The van der Waals surface area contributed by atoms with Crippen molar-refractivity contribution in [3.63, 3.8) is 0 Å². The molecule has 0 radical (unpaired) electrons. The standard InChI is InChI=1S/C26H20N4O4/c1-33-22-13-12-17(14-23(22)34-2)24-18(16-29(28-24)19-8-4-3-5-9-19)15-27-30-25(31)20-10-6-7-11-21(20)26(30)32/h3-16H,1-2H3/b27-15-. The van der Waals surface area contributed by atoms with Crippen LogP contribution in [-0.4, -0.2) is 47.0 Å². The second kappa shape index (κ2) is 8.67. The average molecular weight is 452 g/mol. The largest absolute Gasteiger partial charge is 0.493 e. The van der Waals surface area contributed by atoms with Gasteiger partial charge in [0, 0.05) is 17.3 Å². The van der Waals surface area contributed by atoms with Gasteiger partial charge in [-0.1, -0.05) is 30.3 Å². The van der Waals surface area contributed by atoms with Crippen molar-refractivity contribution in [2.45, 2.75) is 0 Å². The number of nitrogens with zero attached hydrogens (tertiary/aromatic N) is 4. The molecule has 1 aliphatic rings. The van der Waals surface area contributed by atoms with E-state index in [9.17, 15) is 9.59 Å². The number of ether oxygens (including phenoxy) is 2. The van der Waals surface area contributed by atoms with E-state index in [2.05, 4.69) is 5.10 Å². The molecular formula is C26H20N4O4. The molecule has 8 heteroatoms. The van der Waals surface area contributed by atoms with E-state index in [1.165, 1.54) is 6.21 Å². The van der Waals surface area contributed by atoms with Gasteiger partial charge in [0.2, 0.25) is 0 Å². The highest BCUT2D eigenvalue weighted by Gasteiger charge is 2.35. The Morgan fingerprint density at radius 1 is 0.824 bits per heavy atom. The second-order valence-corrected chi connectivity index (χ2v) is 7.50. The summed E-state index contributed by atoms with van der Waals surface area (Å²) in [5.41, 5.74) is 3.51. The number of methoxy groups -OCH3 is 2. The van der Waals surface area contributed by atoms with Crippen molar-refractivity contribution in [3.8, 4) is 28.4 Å². The van der Waals surface area contributed by atoms with E-state index in [4.69, 9.17) is 14.6 Å². The van der Waals surface area contributed by atoms with Crippen LogP contribution in [0.3, 0.4) is 0 Å². The number of fused-ring (bicyclic) bond motifs is 1. The van der Waals surface area contributed by atoms with E-state index in [-0.39, 0.29) is 0 Å². The summed E-state index contributed by atoms with van der Waals surface area (Å²) in [5.74, 6) is 0.229. The molecule has 1 aromatic heterocycles. The zero-order valence-electron chi connectivity index (χ0n) is 18.5. The quantitative estimate of drug-likeness (QED) is 0.324. The fourth-order valence-corrected chi connectivity index (χ4v) is 3.80. The number of hydrogen-bond acceptors (Lipinski definition) is 6. The molecule has 0 saturated heterocycles. The number of benzene rings is 3. The summed E-state index contributed by atoms with van der Waals surface area (Å²) in [5, 5.41) is 9.86. The van der Waals surface area contributed by atoms with Gasteiger partial charge < -0.3 is 9.47 Å². The molecule has 8 nitrogen and oxygen atoms in total. The molecule has 0 atom stereocenters. The summed E-state index contributed by atoms with van der Waals surface area (Å²) >= 11 is 0. The third-order valence-electron chi connectivity index (χ3n) is 5.51. The minimum atomic E-state index is -0.458. The molecule has 0 saturated carbocycles. The zero-order chi connectivity index (χ0) is 23.7. The van der Waals surface area contributed by atoms with Gasteiger partial charge in [-0.05, 0) is 42.5 Å². The van der Waals surface area contributed by atoms with Gasteiger partial charge in [0.05, 0.1) is 37.2 Å². The molecule has 168 valence electrons. The number of imide groups is 1. The van der Waals surface area contributed by atoms with Crippen LogP contribution in [0.5, 0.6) is 11.5 Å². The number of amides is 2. The number of carbonyl (C=O) groups excluding carboxylic acids is 2. The molecule has 34 heavy (non-hydrogen) atoms. The van der Waals surface area contributed by atoms with Gasteiger partial charge in [0.25, 0.3) is 11.8 Å². The number of carbonyl (C=O) groups is 2. The first kappa shape index (κ1) is 21.1. The first-order valence-corrected chi connectivity index (χ1v) is 10.5. The Morgan fingerprint density at radius 2 is 1.47 bits per heavy atom. The van der Waals surface area contributed by atoms with Crippen LogP contribution in [0.15, 0.2) is 84.1 Å². The van der Waals surface area contributed by atoms with Crippen molar-refractivity contribution < 1.29 is 19.1 Å². The Kier molecular flexibility index (Phi) is 5.39. The van der Waals surface area contributed by atoms with Crippen molar-refractivity contribution in [1.29, 1.82) is 0 Å². The van der Waals surface area contributed by atoms with Gasteiger partial charge in [-0.15, -0.1) is 0 Å². The maximum Gasteiger partial charge on any atom is 0.282 e. The van der Waals surface area contributed by atoms with Crippen LogP contribution >= 0.6 is 0 Å². The summed E-state index contributed by atoms with van der Waals surface area (Å²) < 4.78 is 12.5. The highest BCUT2D eigenvalue weighted by Crippen LogP contribution is 2.33. The number of aromatic nitrogens is 2. The van der Waals surface area contributed by atoms with Crippen molar-refractivity contribution in [2.24, 2.45) is 5.10 Å². The molecule has 0 fully saturated rings. The van der Waals surface area contributed by atoms with Gasteiger partial charge in [0.1, 0.15) is 5.69 Å². The van der Waals surface area contributed by atoms with Crippen molar-refractivity contribution in [3.05, 3.63) is 95.7 Å². The van der Waals surface area contributed by atoms with E-state index in [1.807, 2.05) is 42.5 Å². The van der Waals surface area contributed by atoms with Gasteiger partial charge in [-0.25, -0.2) is 4.68 Å². The van der Waals surface area contributed by atoms with Crippen molar-refractivity contribution >= 4 is 18.0 Å². The summed E-state index contributed by atoms with van der Waals surface area (Å²) in [6.07, 6.45) is 3.27. The third kappa shape index (κ3) is 3.61. The topological polar surface area (TPSA) is 86.0 Å². The highest BCUT2D eigenvalue weighted by atomic mass is 16.5. The molecule has 4 aromatic rings. The molecule has 0 N–H and O–H groups in total. The van der Waals surface area contributed by atoms with Gasteiger partial charge in [-0.2, -0.15) is 15.2 Å². The molecule has 3 aromatic carbocycles. The van der Waals surface area contributed by atoms with Crippen LogP contribution in [0.25, 0.3) is 16.9 Å². The van der Waals surface area contributed by atoms with Gasteiger partial charge in [-0.3, -0.25) is 9.59 Å². The van der Waals surface area contributed by atoms with E-state index in [0.29, 0.717) is 33.9 Å². The van der Waals surface area contributed by atoms with Crippen LogP contribution < -0.4 is 9.47 Å². The molecule has 5 rings (SSSR count). The predicted molar refractivity (Wildman–Crippen MR) is 127 cm³/mol. The predicted octanol–water partition coefficient (Wildman–Crippen LogP) is 4.19. The summed E-state index contributed by atoms with van der Waals surface area (Å²) in [6.45, 7) is 0. The van der Waals surface area contributed by atoms with Crippen LogP contribution in [0.1, 0.15) is 26.3 Å². The summed E-state index contributed by atoms with van der Waals surface area (Å²) in [4.78, 5) is 25.4. The van der Waals surface area contributed by atoms with Crippen LogP contribution in [0, 0.1) is 0 Å². The summed E-state index contributed by atoms with van der Waals surface area (Å²) in [7, 11) is 3.14. The Bertz CT molecular complexity index is 1390. The lowest BCUT2D eigenvalue weighted by molar-refractivity contribution is 0.0660. The molecule has 0 bridgehead atoms. The number of hydrazone groups is 1. The van der Waals surface area contributed by atoms with Crippen LogP contribution in [0.2, 0.25) is 0 Å². The van der Waals surface area contributed by atoms with E-state index in [1.54, 1.807) is 55.4 Å². The van der Waals surface area contributed by atoms with Gasteiger partial charge >= 0.3 is 0 Å². The molecule has 0 unspecified atom stereocenters. The fraction of sp³-hybridized carbons (Fsp3) is 0.0769. The fourth-order valence-electron chi connectivity index (χ4n) is 3.80. The van der Waals surface area contributed by atoms with Crippen LogP contribution in [0.4, 0.5) is 0 Å². The first-order chi connectivity index (χ1) is 16.6. The Balaban J connectivity index is 1.57. The maximum atomic E-state index is 12.7. The number of rotatable bonds is 6. The Labute approximate surface area is 195 Å². The SMILES string of the molecule is COc1ccc(-c2nn(-c3ccccc3)cc2/C=N\N2C(=O)c3ccccc3C2=O)cc1OC. The smallest absolute Gasteiger partial charge is 0.282 e. The monoisotopic (exact) mass is 452 g/mol. The normalized spacial score (nSPS) is 12.9. The maximum absolute atomic E-state index is 12.7. The molecule has 2 heterocycles. The minimum Gasteiger partial charge on any atom is -0.493 e. The molecule has 0 aliphatic carbocycles.